The Balaban J connectivity index is 1.54. The molecule has 0 aromatic heterocycles. The van der Waals surface area contributed by atoms with Crippen molar-refractivity contribution in [2.75, 3.05) is 11.9 Å². The van der Waals surface area contributed by atoms with Crippen LogP contribution in [0.3, 0.4) is 0 Å². The van der Waals surface area contributed by atoms with Gasteiger partial charge >= 0.3 is 6.09 Å². The largest absolute Gasteiger partial charge is 0.444 e. The van der Waals surface area contributed by atoms with Gasteiger partial charge in [-0.2, -0.15) is 0 Å². The Morgan fingerprint density at radius 3 is 2.57 bits per heavy atom. The van der Waals surface area contributed by atoms with Gasteiger partial charge in [-0.05, 0) is 39.3 Å². The Morgan fingerprint density at radius 2 is 1.91 bits per heavy atom. The average molecular weight is 492 g/mol. The molecule has 1 aromatic carbocycles. The summed E-state index contributed by atoms with van der Waals surface area (Å²) in [4.78, 5) is 64.3. The zero-order chi connectivity index (χ0) is 25.7. The summed E-state index contributed by atoms with van der Waals surface area (Å²) in [7, 11) is 0. The first-order chi connectivity index (χ1) is 16.3. The van der Waals surface area contributed by atoms with Crippen molar-refractivity contribution < 1.29 is 37.5 Å². The van der Waals surface area contributed by atoms with E-state index >= 15 is 0 Å². The summed E-state index contributed by atoms with van der Waals surface area (Å²) >= 11 is 0. The van der Waals surface area contributed by atoms with Gasteiger partial charge in [0.15, 0.2) is 0 Å². The first-order valence-corrected chi connectivity index (χ1v) is 11.2. The minimum Gasteiger partial charge on any atom is -0.444 e. The Bertz CT molecular complexity index is 1120. The summed E-state index contributed by atoms with van der Waals surface area (Å²) in [6.45, 7) is 3.81. The lowest BCUT2D eigenvalue weighted by molar-refractivity contribution is -0.137. The van der Waals surface area contributed by atoms with Gasteiger partial charge in [0.1, 0.15) is 17.7 Å². The number of carbonyl (C=O) groups is 5. The highest BCUT2D eigenvalue weighted by Gasteiger charge is 2.51. The second-order valence-electron chi connectivity index (χ2n) is 9.91. The van der Waals surface area contributed by atoms with E-state index in [9.17, 15) is 32.8 Å². The minimum atomic E-state index is -3.27. The van der Waals surface area contributed by atoms with Crippen LogP contribution >= 0.6 is 0 Å². The Kier molecular flexibility index (Phi) is 6.02. The maximum atomic E-state index is 14.2. The number of nitrogens with one attached hydrogen (secondary N) is 2. The van der Waals surface area contributed by atoms with Gasteiger partial charge in [-0.3, -0.25) is 29.4 Å². The average Bonchev–Trinajstić information content (AvgIpc) is 3.24. The van der Waals surface area contributed by atoms with Gasteiger partial charge in [-0.25, -0.2) is 13.6 Å². The fourth-order valence-electron chi connectivity index (χ4n) is 4.48. The van der Waals surface area contributed by atoms with Crippen molar-refractivity contribution in [2.24, 2.45) is 0 Å². The van der Waals surface area contributed by atoms with Crippen LogP contribution in [0.4, 0.5) is 19.3 Å². The third-order valence-electron chi connectivity index (χ3n) is 6.04. The monoisotopic (exact) mass is 492 g/mol. The maximum Gasteiger partial charge on any atom is 0.411 e. The van der Waals surface area contributed by atoms with Crippen LogP contribution in [-0.4, -0.2) is 69.7 Å². The quantitative estimate of drug-likeness (QED) is 0.622. The standard InChI is InChI=1S/C23H26F2N4O6/c1-22(2,3)35-21(34)29-11-23(24,25)9-16(29)19(32)26-14-6-4-5-12-13(14)10-28(20(12)33)15-7-8-17(30)27-18(15)31/h4-6,15-16H,7-11H2,1-3H3,(H,26,32)(H,27,30,31)/t15?,16-/m0/s1. The topological polar surface area (TPSA) is 125 Å². The van der Waals surface area contributed by atoms with E-state index in [-0.39, 0.29) is 30.6 Å². The van der Waals surface area contributed by atoms with E-state index in [2.05, 4.69) is 10.6 Å². The molecule has 0 spiro atoms. The molecule has 1 aromatic rings. The number of amides is 5. The molecule has 3 aliphatic rings. The van der Waals surface area contributed by atoms with E-state index in [1.807, 2.05) is 0 Å². The van der Waals surface area contributed by atoms with Gasteiger partial charge in [-0.15, -0.1) is 0 Å². The van der Waals surface area contributed by atoms with Crippen molar-refractivity contribution in [1.29, 1.82) is 0 Å². The van der Waals surface area contributed by atoms with Crippen LogP contribution in [0, 0.1) is 0 Å². The molecule has 4 rings (SSSR count). The van der Waals surface area contributed by atoms with Crippen molar-refractivity contribution in [2.45, 2.75) is 70.2 Å². The number of likely N-dealkylation sites (tertiary alicyclic amines) is 1. The maximum absolute atomic E-state index is 14.2. The second-order valence-corrected chi connectivity index (χ2v) is 9.91. The molecule has 0 bridgehead atoms. The van der Waals surface area contributed by atoms with Crippen molar-refractivity contribution in [3.05, 3.63) is 29.3 Å². The molecule has 0 radical (unpaired) electrons. The van der Waals surface area contributed by atoms with E-state index in [1.165, 1.54) is 23.1 Å². The van der Waals surface area contributed by atoms with Gasteiger partial charge in [0, 0.05) is 36.2 Å². The lowest BCUT2D eigenvalue weighted by atomic mass is 10.0. The number of ether oxygens (including phenoxy) is 1. The lowest BCUT2D eigenvalue weighted by Crippen LogP contribution is -2.52. The normalized spacial score (nSPS) is 23.7. The highest BCUT2D eigenvalue weighted by Crippen LogP contribution is 2.36. The summed E-state index contributed by atoms with van der Waals surface area (Å²) in [5.74, 6) is -5.53. The van der Waals surface area contributed by atoms with Crippen LogP contribution in [0.2, 0.25) is 0 Å². The van der Waals surface area contributed by atoms with Gasteiger partial charge < -0.3 is 15.0 Å². The molecule has 2 N–H and O–H groups in total. The van der Waals surface area contributed by atoms with Crippen LogP contribution < -0.4 is 10.6 Å². The molecule has 10 nitrogen and oxygen atoms in total. The molecule has 35 heavy (non-hydrogen) atoms. The Labute approximate surface area is 199 Å². The zero-order valence-corrected chi connectivity index (χ0v) is 19.5. The second kappa shape index (κ2) is 8.58. The molecule has 2 atom stereocenters. The lowest BCUT2D eigenvalue weighted by Gasteiger charge is -2.29. The summed E-state index contributed by atoms with van der Waals surface area (Å²) in [6, 6.07) is 2.26. The number of fused-ring (bicyclic) bond motifs is 1. The summed E-state index contributed by atoms with van der Waals surface area (Å²) in [5.41, 5.74) is -0.0387. The predicted octanol–water partition coefficient (Wildman–Crippen LogP) is 2.03. The number of nitrogens with zero attached hydrogens (tertiary/aromatic N) is 2. The number of rotatable bonds is 3. The molecule has 0 aliphatic carbocycles. The van der Waals surface area contributed by atoms with Crippen molar-refractivity contribution in [3.8, 4) is 0 Å². The van der Waals surface area contributed by atoms with Crippen LogP contribution in [-0.2, 0) is 25.7 Å². The van der Waals surface area contributed by atoms with E-state index < -0.39 is 66.3 Å². The summed E-state index contributed by atoms with van der Waals surface area (Å²) in [5, 5.41) is 4.79. The number of hydrogen-bond donors (Lipinski definition) is 2. The molecule has 12 heteroatoms. The molecule has 188 valence electrons. The van der Waals surface area contributed by atoms with E-state index in [0.717, 1.165) is 0 Å². The Morgan fingerprint density at radius 1 is 1.20 bits per heavy atom. The van der Waals surface area contributed by atoms with Crippen molar-refractivity contribution in [3.63, 3.8) is 0 Å². The summed E-state index contributed by atoms with van der Waals surface area (Å²) < 4.78 is 33.6. The highest BCUT2D eigenvalue weighted by atomic mass is 19.3. The van der Waals surface area contributed by atoms with Gasteiger partial charge in [-0.1, -0.05) is 6.07 Å². The van der Waals surface area contributed by atoms with Gasteiger partial charge in [0.25, 0.3) is 11.8 Å². The number of benzene rings is 1. The fraction of sp³-hybridized carbons (Fsp3) is 0.522. The van der Waals surface area contributed by atoms with Crippen molar-refractivity contribution >= 4 is 35.4 Å². The molecule has 3 aliphatic heterocycles. The predicted molar refractivity (Wildman–Crippen MR) is 117 cm³/mol. The Hall–Kier alpha value is -3.57. The highest BCUT2D eigenvalue weighted by molar-refractivity contribution is 6.07. The molecule has 2 saturated heterocycles. The smallest absolute Gasteiger partial charge is 0.411 e. The minimum absolute atomic E-state index is 0.00644. The van der Waals surface area contributed by atoms with Crippen LogP contribution in [0.15, 0.2) is 18.2 Å². The number of alkyl halides is 2. The van der Waals surface area contributed by atoms with Gasteiger partial charge in [0.2, 0.25) is 17.7 Å². The fourth-order valence-corrected chi connectivity index (χ4v) is 4.48. The first-order valence-electron chi connectivity index (χ1n) is 11.2. The van der Waals surface area contributed by atoms with Crippen molar-refractivity contribution in [1.82, 2.24) is 15.1 Å². The number of anilines is 1. The van der Waals surface area contributed by atoms with Gasteiger partial charge in [0.05, 0.1) is 6.54 Å². The van der Waals surface area contributed by atoms with Crippen LogP contribution in [0.5, 0.6) is 0 Å². The van der Waals surface area contributed by atoms with E-state index in [4.69, 9.17) is 4.74 Å². The zero-order valence-electron chi connectivity index (χ0n) is 19.5. The van der Waals surface area contributed by atoms with Crippen LogP contribution in [0.25, 0.3) is 0 Å². The third kappa shape index (κ3) is 4.96. The number of carbonyl (C=O) groups excluding carboxylic acids is 5. The van der Waals surface area contributed by atoms with Crippen LogP contribution in [0.1, 0.15) is 56.0 Å². The first kappa shape index (κ1) is 24.6. The molecule has 1 unspecified atom stereocenters. The van der Waals surface area contributed by atoms with E-state index in [0.29, 0.717) is 10.5 Å². The van der Waals surface area contributed by atoms with E-state index in [1.54, 1.807) is 20.8 Å². The number of imide groups is 1. The molecule has 3 heterocycles. The number of piperidine rings is 1. The molecule has 2 fully saturated rings. The third-order valence-corrected chi connectivity index (χ3v) is 6.04. The molecule has 0 saturated carbocycles. The number of halogens is 2. The summed E-state index contributed by atoms with van der Waals surface area (Å²) in [6.07, 6.45) is -1.62. The molecular weight excluding hydrogens is 466 g/mol. The number of hydrogen-bond acceptors (Lipinski definition) is 6. The molecule has 5 amide bonds. The molecular formula is C23H26F2N4O6. The SMILES string of the molecule is CC(C)(C)OC(=O)N1CC(F)(F)C[C@H]1C(=O)Nc1cccc2c1CN(C1CCC(=O)NC1=O)C2=O.